The summed E-state index contributed by atoms with van der Waals surface area (Å²) in [4.78, 5) is 11.1. The maximum atomic E-state index is 12.6. The van der Waals surface area contributed by atoms with Gasteiger partial charge in [0, 0.05) is 18.6 Å². The van der Waals surface area contributed by atoms with Gasteiger partial charge in [-0.05, 0) is 31.6 Å². The predicted molar refractivity (Wildman–Crippen MR) is 80.1 cm³/mol. The van der Waals surface area contributed by atoms with Crippen molar-refractivity contribution in [3.63, 3.8) is 0 Å². The van der Waals surface area contributed by atoms with Crippen LogP contribution in [0.1, 0.15) is 58.3 Å². The fourth-order valence-corrected chi connectivity index (χ4v) is 5.31. The molecule has 2 rings (SSSR count). The topological polar surface area (TPSA) is 86.7 Å². The van der Waals surface area contributed by atoms with E-state index in [-0.39, 0.29) is 6.42 Å². The maximum Gasteiger partial charge on any atom is 0.305 e. The van der Waals surface area contributed by atoms with Crippen LogP contribution >= 0.6 is 0 Å². The van der Waals surface area contributed by atoms with Crippen LogP contribution in [0, 0.1) is 5.92 Å². The zero-order valence-corrected chi connectivity index (χ0v) is 13.5. The van der Waals surface area contributed by atoms with E-state index in [9.17, 15) is 13.2 Å². The molecule has 2 N–H and O–H groups in total. The van der Waals surface area contributed by atoms with Crippen LogP contribution in [-0.4, -0.2) is 42.4 Å². The molecule has 1 aliphatic heterocycles. The Morgan fingerprint density at radius 2 is 1.95 bits per heavy atom. The summed E-state index contributed by atoms with van der Waals surface area (Å²) in [6.45, 7) is 3.11. The van der Waals surface area contributed by atoms with Crippen LogP contribution in [0.3, 0.4) is 0 Å². The molecule has 122 valence electrons. The summed E-state index contributed by atoms with van der Waals surface area (Å²) in [6.07, 6.45) is 5.82. The minimum atomic E-state index is -3.60. The SMILES string of the molecule is CC1CCCN(S(=O)(=O)NC2(CC(=O)O)CCCCC2)C1. The molecule has 0 aromatic carbocycles. The van der Waals surface area contributed by atoms with E-state index in [1.165, 1.54) is 4.31 Å². The first-order valence-corrected chi connectivity index (χ1v) is 9.28. The number of rotatable bonds is 5. The second-order valence-corrected chi connectivity index (χ2v) is 8.29. The molecule has 1 aliphatic carbocycles. The van der Waals surface area contributed by atoms with Crippen molar-refractivity contribution >= 4 is 16.2 Å². The lowest BCUT2D eigenvalue weighted by atomic mass is 9.80. The van der Waals surface area contributed by atoms with Gasteiger partial charge in [0.15, 0.2) is 0 Å². The van der Waals surface area contributed by atoms with E-state index in [0.717, 1.165) is 32.1 Å². The molecular weight excluding hydrogens is 292 g/mol. The van der Waals surface area contributed by atoms with Crippen LogP contribution in [-0.2, 0) is 15.0 Å². The van der Waals surface area contributed by atoms with Gasteiger partial charge in [-0.15, -0.1) is 0 Å². The van der Waals surface area contributed by atoms with Crippen LogP contribution in [0.25, 0.3) is 0 Å². The number of piperidine rings is 1. The summed E-state index contributed by atoms with van der Waals surface area (Å²) in [5.41, 5.74) is -0.802. The minimum absolute atomic E-state index is 0.129. The molecule has 0 bridgehead atoms. The first kappa shape index (κ1) is 16.7. The van der Waals surface area contributed by atoms with Gasteiger partial charge in [0.25, 0.3) is 10.2 Å². The Hall–Kier alpha value is -0.660. The Kier molecular flexibility index (Phi) is 5.27. The summed E-state index contributed by atoms with van der Waals surface area (Å²) in [5.74, 6) is -0.580. The Bertz CT molecular complexity index is 471. The molecule has 2 fully saturated rings. The fraction of sp³-hybridized carbons (Fsp3) is 0.929. The van der Waals surface area contributed by atoms with Crippen molar-refractivity contribution in [2.24, 2.45) is 5.92 Å². The van der Waals surface area contributed by atoms with E-state index in [4.69, 9.17) is 5.11 Å². The minimum Gasteiger partial charge on any atom is -0.481 e. The zero-order valence-electron chi connectivity index (χ0n) is 12.7. The van der Waals surface area contributed by atoms with Gasteiger partial charge < -0.3 is 5.11 Å². The molecule has 1 unspecified atom stereocenters. The highest BCUT2D eigenvalue weighted by molar-refractivity contribution is 7.87. The molecule has 21 heavy (non-hydrogen) atoms. The quantitative estimate of drug-likeness (QED) is 0.808. The van der Waals surface area contributed by atoms with Gasteiger partial charge >= 0.3 is 5.97 Å². The van der Waals surface area contributed by atoms with Gasteiger partial charge in [0.2, 0.25) is 0 Å². The maximum absolute atomic E-state index is 12.6. The Morgan fingerprint density at radius 1 is 1.29 bits per heavy atom. The molecule has 6 nitrogen and oxygen atoms in total. The van der Waals surface area contributed by atoms with E-state index >= 15 is 0 Å². The van der Waals surface area contributed by atoms with Crippen molar-refractivity contribution < 1.29 is 18.3 Å². The number of aliphatic carboxylic acids is 1. The molecule has 1 saturated heterocycles. The first-order valence-electron chi connectivity index (χ1n) is 7.84. The third-order valence-corrected chi connectivity index (χ3v) is 6.31. The second-order valence-electron chi connectivity index (χ2n) is 6.62. The lowest BCUT2D eigenvalue weighted by Gasteiger charge is -2.39. The van der Waals surface area contributed by atoms with Gasteiger partial charge in [0.1, 0.15) is 0 Å². The smallest absolute Gasteiger partial charge is 0.305 e. The number of carboxylic acid groups (broad SMARTS) is 1. The molecule has 1 heterocycles. The highest BCUT2D eigenvalue weighted by atomic mass is 32.2. The number of nitrogens with zero attached hydrogens (tertiary/aromatic N) is 1. The molecule has 2 aliphatic rings. The lowest BCUT2D eigenvalue weighted by Crippen LogP contribution is -2.56. The fourth-order valence-electron chi connectivity index (χ4n) is 3.54. The molecule has 1 atom stereocenters. The highest BCUT2D eigenvalue weighted by Crippen LogP contribution is 2.32. The van der Waals surface area contributed by atoms with Gasteiger partial charge in [-0.2, -0.15) is 17.4 Å². The van der Waals surface area contributed by atoms with E-state index in [0.29, 0.717) is 31.8 Å². The summed E-state index contributed by atoms with van der Waals surface area (Å²) < 4.78 is 29.4. The van der Waals surface area contributed by atoms with Crippen LogP contribution < -0.4 is 4.72 Å². The van der Waals surface area contributed by atoms with Crippen molar-refractivity contribution in [3.05, 3.63) is 0 Å². The van der Waals surface area contributed by atoms with Gasteiger partial charge in [-0.3, -0.25) is 4.79 Å². The number of hydrogen-bond acceptors (Lipinski definition) is 3. The van der Waals surface area contributed by atoms with E-state index in [1.807, 2.05) is 0 Å². The molecule has 0 aromatic heterocycles. The van der Waals surface area contributed by atoms with Crippen LogP contribution in [0.5, 0.6) is 0 Å². The zero-order chi connectivity index (χ0) is 15.5. The van der Waals surface area contributed by atoms with Gasteiger partial charge in [-0.1, -0.05) is 26.2 Å². The normalized spacial score (nSPS) is 27.4. The molecule has 7 heteroatoms. The Morgan fingerprint density at radius 3 is 2.52 bits per heavy atom. The van der Waals surface area contributed by atoms with Crippen molar-refractivity contribution in [3.8, 4) is 0 Å². The van der Waals surface area contributed by atoms with Crippen molar-refractivity contribution in [1.82, 2.24) is 9.03 Å². The molecule has 1 saturated carbocycles. The third-order valence-electron chi connectivity index (χ3n) is 4.61. The van der Waals surface area contributed by atoms with Crippen LogP contribution in [0.15, 0.2) is 0 Å². The van der Waals surface area contributed by atoms with E-state index in [1.54, 1.807) is 0 Å². The van der Waals surface area contributed by atoms with Crippen molar-refractivity contribution in [2.75, 3.05) is 13.1 Å². The largest absolute Gasteiger partial charge is 0.481 e. The average molecular weight is 318 g/mol. The number of carbonyl (C=O) groups is 1. The molecule has 0 aromatic rings. The van der Waals surface area contributed by atoms with Crippen LogP contribution in [0.2, 0.25) is 0 Å². The van der Waals surface area contributed by atoms with Crippen LogP contribution in [0.4, 0.5) is 0 Å². The number of nitrogens with one attached hydrogen (secondary N) is 1. The van der Waals surface area contributed by atoms with Crippen molar-refractivity contribution in [2.45, 2.75) is 63.8 Å². The van der Waals surface area contributed by atoms with Crippen molar-refractivity contribution in [1.29, 1.82) is 0 Å². The molecule has 0 radical (unpaired) electrons. The van der Waals surface area contributed by atoms with Gasteiger partial charge in [0.05, 0.1) is 6.42 Å². The Labute approximate surface area is 127 Å². The summed E-state index contributed by atoms with van der Waals surface area (Å²) >= 11 is 0. The predicted octanol–water partition coefficient (Wildman–Crippen LogP) is 1.73. The standard InChI is InChI=1S/C14H26N2O4S/c1-12-6-5-9-16(11-12)21(19,20)15-14(10-13(17)18)7-3-2-4-8-14/h12,15H,2-11H2,1H3,(H,17,18). The number of hydrogen-bond donors (Lipinski definition) is 2. The van der Waals surface area contributed by atoms with E-state index in [2.05, 4.69) is 11.6 Å². The average Bonchev–Trinajstić information content (AvgIpc) is 2.38. The molecular formula is C14H26N2O4S. The second kappa shape index (κ2) is 6.62. The summed E-state index contributed by atoms with van der Waals surface area (Å²) in [7, 11) is -3.60. The lowest BCUT2D eigenvalue weighted by molar-refractivity contribution is -0.138. The first-order chi connectivity index (χ1) is 9.83. The summed E-state index contributed by atoms with van der Waals surface area (Å²) in [5, 5.41) is 9.13. The van der Waals surface area contributed by atoms with E-state index < -0.39 is 21.7 Å². The molecule has 0 spiro atoms. The number of carboxylic acids is 1. The Balaban J connectivity index is 2.12. The molecule has 0 amide bonds. The summed E-state index contributed by atoms with van der Waals surface area (Å²) in [6, 6.07) is 0. The third kappa shape index (κ3) is 4.40. The highest BCUT2D eigenvalue weighted by Gasteiger charge is 2.40. The van der Waals surface area contributed by atoms with Gasteiger partial charge in [-0.25, -0.2) is 0 Å². The monoisotopic (exact) mass is 318 g/mol.